The molecular weight excluding hydrogens is 352 g/mol. The molecule has 8 nitrogen and oxygen atoms in total. The van der Waals surface area contributed by atoms with E-state index in [9.17, 15) is 19.2 Å². The van der Waals surface area contributed by atoms with E-state index in [0.29, 0.717) is 0 Å². The minimum atomic E-state index is -1.00. The summed E-state index contributed by atoms with van der Waals surface area (Å²) in [5.41, 5.74) is 0.853. The summed E-state index contributed by atoms with van der Waals surface area (Å²) in [7, 11) is 2.43. The number of carbonyl (C=O) groups is 4. The van der Waals surface area contributed by atoms with E-state index < -0.39 is 29.9 Å². The van der Waals surface area contributed by atoms with Gasteiger partial charge in [0.05, 0.1) is 14.2 Å². The number of esters is 2. The van der Waals surface area contributed by atoms with Gasteiger partial charge in [-0.25, -0.2) is 9.59 Å². The summed E-state index contributed by atoms with van der Waals surface area (Å²) < 4.78 is 9.16. The van der Waals surface area contributed by atoms with Gasteiger partial charge in [-0.1, -0.05) is 36.4 Å². The molecule has 27 heavy (non-hydrogen) atoms. The number of methoxy groups -OCH3 is 2. The van der Waals surface area contributed by atoms with Gasteiger partial charge in [-0.15, -0.1) is 0 Å². The van der Waals surface area contributed by atoms with Crippen LogP contribution in [0.1, 0.15) is 18.9 Å². The van der Waals surface area contributed by atoms with Gasteiger partial charge in [0, 0.05) is 19.4 Å². The Morgan fingerprint density at radius 2 is 1.67 bits per heavy atom. The predicted octanol–water partition coefficient (Wildman–Crippen LogP) is 0.511. The van der Waals surface area contributed by atoms with Gasteiger partial charge < -0.3 is 20.1 Å². The van der Waals surface area contributed by atoms with Crippen molar-refractivity contribution in [3.05, 3.63) is 48.0 Å². The van der Waals surface area contributed by atoms with Gasteiger partial charge in [0.15, 0.2) is 0 Å². The van der Waals surface area contributed by atoms with Crippen LogP contribution in [0.15, 0.2) is 42.5 Å². The maximum Gasteiger partial charge on any atom is 0.330 e. The first-order chi connectivity index (χ1) is 12.9. The lowest BCUT2D eigenvalue weighted by Crippen LogP contribution is -2.52. The summed E-state index contributed by atoms with van der Waals surface area (Å²) in [6, 6.07) is 7.30. The molecule has 0 spiro atoms. The lowest BCUT2D eigenvalue weighted by Gasteiger charge is -2.21. The fraction of sp³-hybridized carbons (Fsp3) is 0.368. The molecule has 0 heterocycles. The molecular formula is C19H24N2O6. The van der Waals surface area contributed by atoms with E-state index in [1.165, 1.54) is 27.2 Å². The van der Waals surface area contributed by atoms with Crippen molar-refractivity contribution in [2.24, 2.45) is 0 Å². The fourth-order valence-electron chi connectivity index (χ4n) is 2.30. The number of rotatable bonds is 9. The van der Waals surface area contributed by atoms with Crippen LogP contribution in [-0.4, -0.2) is 50.1 Å². The van der Waals surface area contributed by atoms with Gasteiger partial charge >= 0.3 is 11.9 Å². The van der Waals surface area contributed by atoms with E-state index in [-0.39, 0.29) is 18.7 Å². The Hall–Kier alpha value is -3.16. The van der Waals surface area contributed by atoms with Crippen LogP contribution in [0.4, 0.5) is 0 Å². The second-order valence-corrected chi connectivity index (χ2v) is 5.69. The second kappa shape index (κ2) is 11.5. The molecule has 2 atom stereocenters. The topological polar surface area (TPSA) is 111 Å². The van der Waals surface area contributed by atoms with Crippen LogP contribution in [0.5, 0.6) is 0 Å². The van der Waals surface area contributed by atoms with Crippen LogP contribution >= 0.6 is 0 Å². The summed E-state index contributed by atoms with van der Waals surface area (Å²) in [6.45, 7) is 1.31. The zero-order chi connectivity index (χ0) is 20.2. The largest absolute Gasteiger partial charge is 0.467 e. The van der Waals surface area contributed by atoms with Crippen LogP contribution in [-0.2, 0) is 35.1 Å². The van der Waals surface area contributed by atoms with Crippen molar-refractivity contribution in [3.63, 3.8) is 0 Å². The molecule has 1 rings (SSSR count). The Labute approximate surface area is 157 Å². The van der Waals surface area contributed by atoms with Crippen molar-refractivity contribution in [1.82, 2.24) is 10.6 Å². The Bertz CT molecular complexity index is 687. The van der Waals surface area contributed by atoms with Crippen molar-refractivity contribution in [2.75, 3.05) is 14.2 Å². The Balaban J connectivity index is 2.86. The molecule has 0 aliphatic heterocycles. The summed E-state index contributed by atoms with van der Waals surface area (Å²) in [5.74, 6) is -2.15. The van der Waals surface area contributed by atoms with Crippen LogP contribution < -0.4 is 10.6 Å². The molecule has 0 radical (unpaired) electrons. The standard InChI is InChI=1S/C19H24N2O6/c1-13(22)20-16(12-14-8-5-4-6-9-14)18(24)21-15(19(25)27-3)10-7-11-17(23)26-2/h4-9,11,15-16H,10,12H2,1-3H3,(H,20,22)(H,21,24)/b11-7+/t15-,16-/m0/s1. The number of amides is 2. The third-order valence-electron chi connectivity index (χ3n) is 3.61. The Morgan fingerprint density at radius 1 is 1.00 bits per heavy atom. The quantitative estimate of drug-likeness (QED) is 0.480. The normalized spacial score (nSPS) is 12.7. The number of ether oxygens (including phenoxy) is 2. The maximum absolute atomic E-state index is 12.6. The molecule has 0 aliphatic rings. The highest BCUT2D eigenvalue weighted by Crippen LogP contribution is 2.05. The third kappa shape index (κ3) is 8.17. The average molecular weight is 376 g/mol. The first-order valence-corrected chi connectivity index (χ1v) is 8.31. The molecule has 1 aromatic rings. The van der Waals surface area contributed by atoms with Crippen LogP contribution in [0.2, 0.25) is 0 Å². The molecule has 2 amide bonds. The van der Waals surface area contributed by atoms with E-state index in [1.807, 2.05) is 30.3 Å². The third-order valence-corrected chi connectivity index (χ3v) is 3.61. The molecule has 0 aliphatic carbocycles. The van der Waals surface area contributed by atoms with Crippen molar-refractivity contribution in [2.45, 2.75) is 31.8 Å². The van der Waals surface area contributed by atoms with Gasteiger partial charge in [-0.3, -0.25) is 9.59 Å². The first kappa shape index (κ1) is 21.9. The maximum atomic E-state index is 12.6. The van der Waals surface area contributed by atoms with Gasteiger partial charge in [-0.05, 0) is 12.0 Å². The van der Waals surface area contributed by atoms with Gasteiger partial charge in [0.2, 0.25) is 11.8 Å². The molecule has 0 saturated carbocycles. The van der Waals surface area contributed by atoms with E-state index in [1.54, 1.807) is 0 Å². The number of hydrogen-bond acceptors (Lipinski definition) is 6. The van der Waals surface area contributed by atoms with Crippen molar-refractivity contribution >= 4 is 23.8 Å². The van der Waals surface area contributed by atoms with E-state index >= 15 is 0 Å². The highest BCUT2D eigenvalue weighted by molar-refractivity contribution is 5.90. The summed E-state index contributed by atoms with van der Waals surface area (Å²) in [5, 5.41) is 5.13. The van der Waals surface area contributed by atoms with Crippen molar-refractivity contribution in [3.8, 4) is 0 Å². The van der Waals surface area contributed by atoms with Gasteiger partial charge in [0.25, 0.3) is 0 Å². The minimum Gasteiger partial charge on any atom is -0.467 e. The highest BCUT2D eigenvalue weighted by atomic mass is 16.5. The molecule has 146 valence electrons. The van der Waals surface area contributed by atoms with Crippen molar-refractivity contribution < 1.29 is 28.7 Å². The molecule has 0 saturated heterocycles. The summed E-state index contributed by atoms with van der Waals surface area (Å²) >= 11 is 0. The lowest BCUT2D eigenvalue weighted by atomic mass is 10.0. The van der Waals surface area contributed by atoms with E-state index in [2.05, 4.69) is 20.1 Å². The van der Waals surface area contributed by atoms with Crippen molar-refractivity contribution in [1.29, 1.82) is 0 Å². The molecule has 1 aromatic carbocycles. The number of benzene rings is 1. The fourth-order valence-corrected chi connectivity index (χ4v) is 2.30. The summed E-state index contributed by atoms with van der Waals surface area (Å²) in [4.78, 5) is 47.1. The minimum absolute atomic E-state index is 0.0334. The Morgan fingerprint density at radius 3 is 2.22 bits per heavy atom. The molecule has 8 heteroatoms. The van der Waals surface area contributed by atoms with Crippen LogP contribution in [0.3, 0.4) is 0 Å². The molecule has 2 N–H and O–H groups in total. The monoisotopic (exact) mass is 376 g/mol. The predicted molar refractivity (Wildman–Crippen MR) is 97.5 cm³/mol. The van der Waals surface area contributed by atoms with Gasteiger partial charge in [-0.2, -0.15) is 0 Å². The van der Waals surface area contributed by atoms with E-state index in [4.69, 9.17) is 0 Å². The molecule has 0 bridgehead atoms. The smallest absolute Gasteiger partial charge is 0.330 e. The number of hydrogen-bond donors (Lipinski definition) is 2. The molecule has 0 fully saturated rings. The first-order valence-electron chi connectivity index (χ1n) is 8.31. The average Bonchev–Trinajstić information content (AvgIpc) is 2.66. The lowest BCUT2D eigenvalue weighted by molar-refractivity contribution is -0.145. The van der Waals surface area contributed by atoms with E-state index in [0.717, 1.165) is 11.6 Å². The zero-order valence-corrected chi connectivity index (χ0v) is 15.6. The summed E-state index contributed by atoms with van der Waals surface area (Å²) in [6.07, 6.45) is 2.85. The number of nitrogens with one attached hydrogen (secondary N) is 2. The number of carbonyl (C=O) groups excluding carboxylic acids is 4. The molecule has 0 unspecified atom stereocenters. The van der Waals surface area contributed by atoms with Crippen LogP contribution in [0, 0.1) is 0 Å². The van der Waals surface area contributed by atoms with Gasteiger partial charge in [0.1, 0.15) is 12.1 Å². The second-order valence-electron chi connectivity index (χ2n) is 5.69. The van der Waals surface area contributed by atoms with Crippen LogP contribution in [0.25, 0.3) is 0 Å². The highest BCUT2D eigenvalue weighted by Gasteiger charge is 2.26. The Kier molecular flexibility index (Phi) is 9.28. The SMILES string of the molecule is COC(=O)/C=C/C[C@H](NC(=O)[C@H](Cc1ccccc1)NC(C)=O)C(=O)OC. The molecule has 0 aromatic heterocycles. The zero-order valence-electron chi connectivity index (χ0n) is 15.6.